The molecule has 4 nitrogen and oxygen atoms in total. The molecule has 0 aliphatic rings. The molecule has 1 aromatic carbocycles. The number of nitrogens with zero attached hydrogens (tertiary/aromatic N) is 2. The molecular weight excluding hydrogens is 379 g/mol. The lowest BCUT2D eigenvalue weighted by atomic mass is 10.2. The quantitative estimate of drug-likeness (QED) is 0.700. The minimum atomic E-state index is 0.280. The van der Waals surface area contributed by atoms with Crippen LogP contribution in [0, 0.1) is 6.92 Å². The summed E-state index contributed by atoms with van der Waals surface area (Å²) < 4.78 is 12.8. The standard InChI is InChI=1S/C14H15BrCl2N2O2/c1-8-10(14(17)19(2)18-8)7-21-13-11(16)4-9(6-15)5-12(13)20-3/h4-5H,6-7H2,1-3H3. The van der Waals surface area contributed by atoms with Crippen LogP contribution in [-0.4, -0.2) is 16.9 Å². The van der Waals surface area contributed by atoms with E-state index in [1.807, 2.05) is 19.1 Å². The number of methoxy groups -OCH3 is 1. The van der Waals surface area contributed by atoms with Crippen LogP contribution in [0.25, 0.3) is 0 Å². The largest absolute Gasteiger partial charge is 0.493 e. The van der Waals surface area contributed by atoms with E-state index in [0.717, 1.165) is 16.8 Å². The molecule has 0 radical (unpaired) electrons. The van der Waals surface area contributed by atoms with Crippen LogP contribution in [0.5, 0.6) is 11.5 Å². The van der Waals surface area contributed by atoms with Crippen LogP contribution in [0.15, 0.2) is 12.1 Å². The van der Waals surface area contributed by atoms with Gasteiger partial charge in [-0.3, -0.25) is 4.68 Å². The van der Waals surface area contributed by atoms with E-state index < -0.39 is 0 Å². The molecule has 0 spiro atoms. The number of hydrogen-bond donors (Lipinski definition) is 0. The summed E-state index contributed by atoms with van der Waals surface area (Å²) in [5, 5.41) is 6.00. The van der Waals surface area contributed by atoms with Gasteiger partial charge in [-0.1, -0.05) is 39.1 Å². The van der Waals surface area contributed by atoms with Crippen LogP contribution in [-0.2, 0) is 19.0 Å². The monoisotopic (exact) mass is 392 g/mol. The Morgan fingerprint density at radius 1 is 1.33 bits per heavy atom. The van der Waals surface area contributed by atoms with Crippen molar-refractivity contribution in [3.05, 3.63) is 39.1 Å². The fourth-order valence-corrected chi connectivity index (χ4v) is 2.81. The zero-order valence-corrected chi connectivity index (χ0v) is 15.0. The van der Waals surface area contributed by atoms with Crippen LogP contribution < -0.4 is 9.47 Å². The molecule has 0 fully saturated rings. The highest BCUT2D eigenvalue weighted by molar-refractivity contribution is 9.08. The van der Waals surface area contributed by atoms with Crippen LogP contribution in [0.2, 0.25) is 10.2 Å². The lowest BCUT2D eigenvalue weighted by molar-refractivity contribution is 0.284. The molecular formula is C14H15BrCl2N2O2. The summed E-state index contributed by atoms with van der Waals surface area (Å²) in [6, 6.07) is 3.72. The molecule has 1 heterocycles. The first kappa shape index (κ1) is 16.5. The number of hydrogen-bond acceptors (Lipinski definition) is 3. The minimum Gasteiger partial charge on any atom is -0.493 e. The third kappa shape index (κ3) is 3.47. The second-order valence-electron chi connectivity index (χ2n) is 4.51. The molecule has 1 aromatic heterocycles. The Balaban J connectivity index is 2.27. The van der Waals surface area contributed by atoms with Gasteiger partial charge in [-0.25, -0.2) is 0 Å². The van der Waals surface area contributed by atoms with Crippen molar-refractivity contribution >= 4 is 39.1 Å². The van der Waals surface area contributed by atoms with Crippen molar-refractivity contribution in [3.8, 4) is 11.5 Å². The molecule has 2 aromatic rings. The SMILES string of the molecule is COc1cc(CBr)cc(Cl)c1OCc1c(C)nn(C)c1Cl. The first-order valence-electron chi connectivity index (χ1n) is 6.21. The number of benzene rings is 1. The van der Waals surface area contributed by atoms with Gasteiger partial charge in [0.25, 0.3) is 0 Å². The zero-order valence-electron chi connectivity index (χ0n) is 11.9. The van der Waals surface area contributed by atoms with E-state index in [9.17, 15) is 0 Å². The van der Waals surface area contributed by atoms with Crippen molar-refractivity contribution in [2.45, 2.75) is 18.9 Å². The van der Waals surface area contributed by atoms with E-state index in [1.165, 1.54) is 0 Å². The van der Waals surface area contributed by atoms with Gasteiger partial charge >= 0.3 is 0 Å². The maximum atomic E-state index is 6.26. The number of alkyl halides is 1. The predicted molar refractivity (Wildman–Crippen MR) is 87.9 cm³/mol. The maximum absolute atomic E-state index is 6.26. The van der Waals surface area contributed by atoms with Crippen LogP contribution in [0.1, 0.15) is 16.8 Å². The van der Waals surface area contributed by atoms with Gasteiger partial charge in [0.1, 0.15) is 11.8 Å². The molecule has 0 unspecified atom stereocenters. The summed E-state index contributed by atoms with van der Waals surface area (Å²) in [6.45, 7) is 2.17. The molecule has 2 rings (SSSR count). The van der Waals surface area contributed by atoms with Crippen LogP contribution in [0.3, 0.4) is 0 Å². The fourth-order valence-electron chi connectivity index (χ4n) is 1.97. The molecule has 0 N–H and O–H groups in total. The van der Waals surface area contributed by atoms with Crippen molar-refractivity contribution < 1.29 is 9.47 Å². The third-order valence-electron chi connectivity index (χ3n) is 3.07. The highest BCUT2D eigenvalue weighted by Gasteiger charge is 2.16. The highest BCUT2D eigenvalue weighted by Crippen LogP contribution is 2.37. The molecule has 0 saturated carbocycles. The molecule has 0 amide bonds. The topological polar surface area (TPSA) is 36.3 Å². The van der Waals surface area contributed by atoms with Gasteiger partial charge < -0.3 is 9.47 Å². The Morgan fingerprint density at radius 3 is 2.57 bits per heavy atom. The number of ether oxygens (including phenoxy) is 2. The lowest BCUT2D eigenvalue weighted by Gasteiger charge is -2.13. The van der Waals surface area contributed by atoms with E-state index in [4.69, 9.17) is 32.7 Å². The lowest BCUT2D eigenvalue weighted by Crippen LogP contribution is -2.00. The van der Waals surface area contributed by atoms with Crippen molar-refractivity contribution in [1.29, 1.82) is 0 Å². The smallest absolute Gasteiger partial charge is 0.180 e. The van der Waals surface area contributed by atoms with Gasteiger partial charge in [0, 0.05) is 17.9 Å². The van der Waals surface area contributed by atoms with Crippen molar-refractivity contribution in [2.75, 3.05) is 7.11 Å². The van der Waals surface area contributed by atoms with E-state index in [-0.39, 0.29) is 6.61 Å². The Labute approximate surface area is 142 Å². The third-order valence-corrected chi connectivity index (χ3v) is 4.48. The van der Waals surface area contributed by atoms with E-state index in [0.29, 0.717) is 27.0 Å². The van der Waals surface area contributed by atoms with Crippen LogP contribution >= 0.6 is 39.1 Å². The van der Waals surface area contributed by atoms with Gasteiger partial charge in [-0.2, -0.15) is 5.10 Å². The van der Waals surface area contributed by atoms with Crippen molar-refractivity contribution in [1.82, 2.24) is 9.78 Å². The Morgan fingerprint density at radius 2 is 2.05 bits per heavy atom. The molecule has 21 heavy (non-hydrogen) atoms. The fraction of sp³-hybridized carbons (Fsp3) is 0.357. The molecule has 7 heteroatoms. The van der Waals surface area contributed by atoms with Gasteiger partial charge in [-0.05, 0) is 24.6 Å². The summed E-state index contributed by atoms with van der Waals surface area (Å²) in [5.41, 5.74) is 2.68. The van der Waals surface area contributed by atoms with Crippen LogP contribution in [0.4, 0.5) is 0 Å². The minimum absolute atomic E-state index is 0.280. The van der Waals surface area contributed by atoms with Gasteiger partial charge in [0.05, 0.1) is 17.8 Å². The summed E-state index contributed by atoms with van der Waals surface area (Å²) in [6.07, 6.45) is 0. The number of aryl methyl sites for hydroxylation is 2. The van der Waals surface area contributed by atoms with Gasteiger partial charge in [0.2, 0.25) is 0 Å². The summed E-state index contributed by atoms with van der Waals surface area (Å²) in [5.74, 6) is 1.10. The van der Waals surface area contributed by atoms with E-state index >= 15 is 0 Å². The number of aromatic nitrogens is 2. The first-order valence-corrected chi connectivity index (χ1v) is 8.08. The van der Waals surface area contributed by atoms with Crippen molar-refractivity contribution in [2.24, 2.45) is 7.05 Å². The maximum Gasteiger partial charge on any atom is 0.180 e. The number of halogens is 3. The van der Waals surface area contributed by atoms with Gasteiger partial charge in [0.15, 0.2) is 11.5 Å². The molecule has 0 saturated heterocycles. The molecule has 0 aliphatic heterocycles. The summed E-state index contributed by atoms with van der Waals surface area (Å²) in [7, 11) is 3.37. The second kappa shape index (κ2) is 6.90. The highest BCUT2D eigenvalue weighted by atomic mass is 79.9. The summed E-state index contributed by atoms with van der Waals surface area (Å²) in [4.78, 5) is 0. The first-order chi connectivity index (χ1) is 9.97. The Kier molecular flexibility index (Phi) is 5.41. The second-order valence-corrected chi connectivity index (χ2v) is 5.84. The Hall–Kier alpha value is -0.910. The predicted octanol–water partition coefficient (Wildman–Crippen LogP) is 4.52. The molecule has 0 aliphatic carbocycles. The normalized spacial score (nSPS) is 10.8. The average Bonchev–Trinajstić information content (AvgIpc) is 2.70. The summed E-state index contributed by atoms with van der Waals surface area (Å²) >= 11 is 15.8. The molecule has 114 valence electrons. The number of rotatable bonds is 5. The molecule has 0 atom stereocenters. The Bertz CT molecular complexity index is 659. The average molecular weight is 394 g/mol. The zero-order chi connectivity index (χ0) is 15.6. The molecule has 0 bridgehead atoms. The van der Waals surface area contributed by atoms with Crippen molar-refractivity contribution in [3.63, 3.8) is 0 Å². The van der Waals surface area contributed by atoms with Gasteiger partial charge in [-0.15, -0.1) is 0 Å². The van der Waals surface area contributed by atoms with E-state index in [1.54, 1.807) is 18.8 Å². The van der Waals surface area contributed by atoms with E-state index in [2.05, 4.69) is 21.0 Å².